The summed E-state index contributed by atoms with van der Waals surface area (Å²) in [6.07, 6.45) is 1.44. The Labute approximate surface area is 99.8 Å². The number of esters is 1. The number of benzene rings is 1. The third-order valence-corrected chi connectivity index (χ3v) is 2.29. The highest BCUT2D eigenvalue weighted by Crippen LogP contribution is 2.15. The zero-order chi connectivity index (χ0) is 12.8. The molecule has 0 fully saturated rings. The largest absolute Gasteiger partial charge is 0.497 e. The fourth-order valence-corrected chi connectivity index (χ4v) is 1.35. The van der Waals surface area contributed by atoms with E-state index in [1.54, 1.807) is 38.3 Å². The average molecular weight is 234 g/mol. The fourth-order valence-electron chi connectivity index (χ4n) is 1.35. The number of rotatable bonds is 4. The Morgan fingerprint density at radius 1 is 1.12 bits per heavy atom. The van der Waals surface area contributed by atoms with Gasteiger partial charge in [-0.05, 0) is 31.2 Å². The molecule has 1 rings (SSSR count). The summed E-state index contributed by atoms with van der Waals surface area (Å²) in [5.74, 6) is -0.336. The minimum atomic E-state index is -0.631. The van der Waals surface area contributed by atoms with Crippen LogP contribution in [0, 0.1) is 0 Å². The van der Waals surface area contributed by atoms with Crippen LogP contribution in [0.15, 0.2) is 35.9 Å². The number of ether oxygens (including phenoxy) is 2. The molecule has 0 saturated carbocycles. The van der Waals surface area contributed by atoms with E-state index in [2.05, 4.69) is 4.74 Å². The normalized spacial score (nSPS) is 10.9. The molecule has 0 aliphatic heterocycles. The van der Waals surface area contributed by atoms with Gasteiger partial charge in [0.1, 0.15) is 11.3 Å². The van der Waals surface area contributed by atoms with Crippen LogP contribution in [0.5, 0.6) is 5.75 Å². The number of hydrogen-bond donors (Lipinski definition) is 0. The maximum absolute atomic E-state index is 12.0. The van der Waals surface area contributed by atoms with Gasteiger partial charge in [0.25, 0.3) is 0 Å². The van der Waals surface area contributed by atoms with Crippen LogP contribution in [-0.2, 0) is 9.53 Å². The van der Waals surface area contributed by atoms with Crippen molar-refractivity contribution in [1.29, 1.82) is 0 Å². The molecular formula is C13H14O4. The smallest absolute Gasteiger partial charge is 0.341 e. The number of carbonyl (C=O) groups excluding carboxylic acids is 2. The van der Waals surface area contributed by atoms with Crippen LogP contribution in [0.25, 0.3) is 0 Å². The predicted molar refractivity (Wildman–Crippen MR) is 63.1 cm³/mol. The molecule has 1 aromatic rings. The number of carbonyl (C=O) groups is 2. The highest BCUT2D eigenvalue weighted by atomic mass is 16.5. The van der Waals surface area contributed by atoms with E-state index in [0.717, 1.165) is 0 Å². The molecule has 0 radical (unpaired) electrons. The topological polar surface area (TPSA) is 52.6 Å². The predicted octanol–water partition coefficient (Wildman–Crippen LogP) is 2.00. The molecule has 0 bridgehead atoms. The van der Waals surface area contributed by atoms with E-state index in [0.29, 0.717) is 11.3 Å². The summed E-state index contributed by atoms with van der Waals surface area (Å²) in [5, 5.41) is 0. The number of Topliss-reactive ketones (excluding diaryl/α,β-unsaturated/α-hetero) is 1. The zero-order valence-corrected chi connectivity index (χ0v) is 10.0. The van der Waals surface area contributed by atoms with Crippen LogP contribution in [0.2, 0.25) is 0 Å². The van der Waals surface area contributed by atoms with Gasteiger partial charge in [0.15, 0.2) is 5.78 Å². The summed E-state index contributed by atoms with van der Waals surface area (Å²) in [6, 6.07) is 6.54. The Hall–Kier alpha value is -2.10. The van der Waals surface area contributed by atoms with E-state index in [1.165, 1.54) is 13.2 Å². The van der Waals surface area contributed by atoms with Crippen LogP contribution in [0.3, 0.4) is 0 Å². The first-order chi connectivity index (χ1) is 8.13. The lowest BCUT2D eigenvalue weighted by Crippen LogP contribution is -2.14. The van der Waals surface area contributed by atoms with E-state index in [9.17, 15) is 9.59 Å². The second-order valence-corrected chi connectivity index (χ2v) is 3.25. The lowest BCUT2D eigenvalue weighted by atomic mass is 10.0. The number of methoxy groups -OCH3 is 2. The third-order valence-electron chi connectivity index (χ3n) is 2.29. The molecule has 4 heteroatoms. The standard InChI is InChI=1S/C13H14O4/c1-4-11(13(15)17-3)12(14)9-5-7-10(16-2)8-6-9/h4-8H,1-3H3/b11-4-. The van der Waals surface area contributed by atoms with Crippen LogP contribution in [0.4, 0.5) is 0 Å². The first kappa shape index (κ1) is 13.0. The Bertz CT molecular complexity index is 443. The number of allylic oxidation sites excluding steroid dienone is 1. The molecule has 0 unspecified atom stereocenters. The monoisotopic (exact) mass is 234 g/mol. The van der Waals surface area contributed by atoms with Crippen LogP contribution in [0.1, 0.15) is 17.3 Å². The van der Waals surface area contributed by atoms with Gasteiger partial charge in [-0.25, -0.2) is 4.79 Å². The highest BCUT2D eigenvalue weighted by molar-refractivity contribution is 6.24. The van der Waals surface area contributed by atoms with Gasteiger partial charge in [-0.1, -0.05) is 6.08 Å². The summed E-state index contributed by atoms with van der Waals surface area (Å²) >= 11 is 0. The van der Waals surface area contributed by atoms with Gasteiger partial charge >= 0.3 is 5.97 Å². The van der Waals surface area contributed by atoms with E-state index >= 15 is 0 Å². The Balaban J connectivity index is 2.99. The summed E-state index contributed by atoms with van der Waals surface area (Å²) in [7, 11) is 2.79. The van der Waals surface area contributed by atoms with Crippen molar-refractivity contribution in [1.82, 2.24) is 0 Å². The number of hydrogen-bond acceptors (Lipinski definition) is 4. The quantitative estimate of drug-likeness (QED) is 0.263. The van der Waals surface area contributed by atoms with Gasteiger partial charge < -0.3 is 9.47 Å². The Morgan fingerprint density at radius 2 is 1.71 bits per heavy atom. The molecule has 0 saturated heterocycles. The van der Waals surface area contributed by atoms with E-state index in [1.807, 2.05) is 0 Å². The average Bonchev–Trinajstić information content (AvgIpc) is 2.39. The lowest BCUT2D eigenvalue weighted by molar-refractivity contribution is -0.135. The highest BCUT2D eigenvalue weighted by Gasteiger charge is 2.19. The van der Waals surface area contributed by atoms with Crippen LogP contribution in [-0.4, -0.2) is 26.0 Å². The summed E-state index contributed by atoms with van der Waals surface area (Å²) in [6.45, 7) is 1.62. The number of ketones is 1. The van der Waals surface area contributed by atoms with Crippen molar-refractivity contribution >= 4 is 11.8 Å². The van der Waals surface area contributed by atoms with Crippen molar-refractivity contribution in [2.75, 3.05) is 14.2 Å². The maximum atomic E-state index is 12.0. The third kappa shape index (κ3) is 2.93. The molecule has 0 aliphatic carbocycles. The SMILES string of the molecule is C/C=C(\C(=O)OC)C(=O)c1ccc(OC)cc1. The minimum Gasteiger partial charge on any atom is -0.497 e. The van der Waals surface area contributed by atoms with E-state index in [4.69, 9.17) is 4.74 Å². The van der Waals surface area contributed by atoms with Crippen LogP contribution < -0.4 is 4.74 Å². The van der Waals surface area contributed by atoms with E-state index < -0.39 is 5.97 Å². The van der Waals surface area contributed by atoms with Crippen molar-refractivity contribution < 1.29 is 19.1 Å². The zero-order valence-electron chi connectivity index (χ0n) is 10.0. The van der Waals surface area contributed by atoms with Crippen molar-refractivity contribution in [3.8, 4) is 5.75 Å². The molecule has 0 N–H and O–H groups in total. The molecular weight excluding hydrogens is 220 g/mol. The maximum Gasteiger partial charge on any atom is 0.341 e. The molecule has 0 atom stereocenters. The molecule has 4 nitrogen and oxygen atoms in total. The molecule has 90 valence electrons. The summed E-state index contributed by atoms with van der Waals surface area (Å²) in [5.41, 5.74) is 0.446. The molecule has 0 heterocycles. The first-order valence-electron chi connectivity index (χ1n) is 5.07. The minimum absolute atomic E-state index is 0.0256. The second-order valence-electron chi connectivity index (χ2n) is 3.25. The Morgan fingerprint density at radius 3 is 2.12 bits per heavy atom. The van der Waals surface area contributed by atoms with Crippen molar-refractivity contribution in [2.24, 2.45) is 0 Å². The van der Waals surface area contributed by atoms with Gasteiger partial charge in [-0.2, -0.15) is 0 Å². The lowest BCUT2D eigenvalue weighted by Gasteiger charge is -2.05. The van der Waals surface area contributed by atoms with Gasteiger partial charge in [0.2, 0.25) is 0 Å². The van der Waals surface area contributed by atoms with Crippen molar-refractivity contribution in [3.05, 3.63) is 41.5 Å². The summed E-state index contributed by atoms with van der Waals surface area (Å²) < 4.78 is 9.52. The van der Waals surface area contributed by atoms with Gasteiger partial charge in [0.05, 0.1) is 14.2 Å². The van der Waals surface area contributed by atoms with Crippen LogP contribution >= 0.6 is 0 Å². The van der Waals surface area contributed by atoms with Crippen molar-refractivity contribution in [3.63, 3.8) is 0 Å². The second kappa shape index (κ2) is 5.84. The van der Waals surface area contributed by atoms with Gasteiger partial charge in [0, 0.05) is 5.56 Å². The van der Waals surface area contributed by atoms with Gasteiger partial charge in [-0.15, -0.1) is 0 Å². The first-order valence-corrected chi connectivity index (χ1v) is 5.07. The fraction of sp³-hybridized carbons (Fsp3) is 0.231. The van der Waals surface area contributed by atoms with E-state index in [-0.39, 0.29) is 11.4 Å². The molecule has 0 spiro atoms. The Kier molecular flexibility index (Phi) is 4.46. The summed E-state index contributed by atoms with van der Waals surface area (Å²) in [4.78, 5) is 23.3. The molecule has 0 aliphatic rings. The molecule has 1 aromatic carbocycles. The van der Waals surface area contributed by atoms with Gasteiger partial charge in [-0.3, -0.25) is 4.79 Å². The molecule has 17 heavy (non-hydrogen) atoms. The molecule has 0 amide bonds. The molecule has 0 aromatic heterocycles. The van der Waals surface area contributed by atoms with Crippen molar-refractivity contribution in [2.45, 2.75) is 6.92 Å².